The number of nitrogens with zero attached hydrogens (tertiary/aromatic N) is 11. The molecule has 0 atom stereocenters. The number of aromatic carboxylic acids is 1. The van der Waals surface area contributed by atoms with Crippen LogP contribution in [0.25, 0.3) is 11.6 Å². The van der Waals surface area contributed by atoms with Crippen LogP contribution in [-0.2, 0) is 23.9 Å². The number of carbonyl (C=O) groups excluding carboxylic acids is 4. The van der Waals surface area contributed by atoms with E-state index in [-0.39, 0.29) is 140 Å². The number of hydrogen-bond acceptors (Lipinski definition) is 20. The summed E-state index contributed by atoms with van der Waals surface area (Å²) in [5, 5.41) is 48.2. The number of carbonyl (C=O) groups is 4. The van der Waals surface area contributed by atoms with Crippen molar-refractivity contribution in [2.75, 3.05) is 25.7 Å². The first-order chi connectivity index (χ1) is 30.2. The molecule has 0 aromatic carbocycles. The Morgan fingerprint density at radius 2 is 1.19 bits per heavy atom. The van der Waals surface area contributed by atoms with Crippen LogP contribution in [0.15, 0.2) is 72.3 Å². The number of ether oxygens (including phenoxy) is 2. The monoisotopic (exact) mass is 987 g/mol. The van der Waals surface area contributed by atoms with Crippen LogP contribution >= 0.6 is 0 Å². The van der Waals surface area contributed by atoms with Gasteiger partial charge in [0.15, 0.2) is 23.0 Å². The molecule has 0 fully saturated rings. The van der Waals surface area contributed by atoms with Gasteiger partial charge in [0.25, 0.3) is 0 Å². The average molecular weight is 988 g/mol. The number of rotatable bonds is 11. The maximum Gasteiger partial charge on any atom is 1.00 e. The topological polar surface area (TPSA) is 338 Å². The van der Waals surface area contributed by atoms with E-state index in [9.17, 15) is 29.1 Å². The number of oxime groups is 1. The normalized spacial score (nSPS) is 9.58. The maximum atomic E-state index is 11.8. The SMILES string of the molecule is C.CCOC(=O)C(CC(C)=O)=NOC.CCOC(=O)c1cc(C)nn1-c1ccc(C#N)cn1.C[Si](C)(C)[O-].Cc1cc(C(=O)[O-])n(-c2ccc(C#N)cn2)n1.N#Cc1ccc(NN)nc1.[K+].[K+]. The Morgan fingerprint density at radius 3 is 1.52 bits per heavy atom. The van der Waals surface area contributed by atoms with E-state index in [2.05, 4.69) is 45.3 Å². The molecule has 0 aliphatic carbocycles. The predicted molar refractivity (Wildman–Crippen MR) is 235 cm³/mol. The van der Waals surface area contributed by atoms with Gasteiger partial charge in [-0.05, 0) is 83.1 Å². The number of nitriles is 3. The van der Waals surface area contributed by atoms with Crippen molar-refractivity contribution in [2.24, 2.45) is 11.0 Å². The zero-order valence-electron chi connectivity index (χ0n) is 38.6. The van der Waals surface area contributed by atoms with E-state index < -0.39 is 26.2 Å². The quantitative estimate of drug-likeness (QED) is 0.0439. The van der Waals surface area contributed by atoms with Crippen LogP contribution in [0.5, 0.6) is 0 Å². The first kappa shape index (κ1) is 66.4. The van der Waals surface area contributed by atoms with Crippen molar-refractivity contribution < 1.29 is 146 Å². The Balaban J connectivity index is -0.000000793. The molecule has 0 radical (unpaired) electrons. The number of pyridine rings is 3. The van der Waals surface area contributed by atoms with Crippen LogP contribution in [0.4, 0.5) is 5.82 Å². The number of Topliss-reactive ketones (excluding diaryl/α,β-unsaturated/α-hetero) is 1. The van der Waals surface area contributed by atoms with Gasteiger partial charge in [0.05, 0.1) is 59.4 Å². The fraction of sp³-hybridized carbons (Fsp3) is 0.310. The largest absolute Gasteiger partial charge is 1.00 e. The minimum atomic E-state index is -1.86. The van der Waals surface area contributed by atoms with Gasteiger partial charge in [0.2, 0.25) is 0 Å². The third kappa shape index (κ3) is 26.3. The van der Waals surface area contributed by atoms with Gasteiger partial charge in [-0.15, -0.1) is 0 Å². The van der Waals surface area contributed by atoms with E-state index in [1.165, 1.54) is 54.1 Å². The summed E-state index contributed by atoms with van der Waals surface area (Å²) < 4.78 is 12.2. The number of nitrogens with two attached hydrogens (primary N) is 1. The van der Waals surface area contributed by atoms with E-state index in [4.69, 9.17) is 26.4 Å². The summed E-state index contributed by atoms with van der Waals surface area (Å²) in [6.07, 6.45) is 4.18. The minimum Gasteiger partial charge on any atom is -0.859 e. The molecule has 5 aromatic rings. The van der Waals surface area contributed by atoms with E-state index in [1.807, 2.05) is 18.2 Å². The standard InChI is InChI=1S/C13H12N4O2.C11H8N4O2.C8H13NO4.C6H6N4.C3H9OSi.CH4.2K/c1-3-19-13(18)11-6-9(2)16-17(11)12-5-4-10(7-14)8-15-12;1-7-4-9(11(16)17)15(14-7)10-3-2-8(5-12)6-13-10;1-4-13-8(11)7(9-12-3)5-6(2)10;7-3-5-1-2-6(10-8)9-4-5;1-5(2,3)4;;;/h4-6,8H,3H2,1-2H3;2-4,6H,1H3,(H,16,17);4-5H2,1-3H3;1-2,4H,8H2,(H,9,10);1-3H3;1H4;;/q;;;;-1;;2*+1/p-1. The van der Waals surface area contributed by atoms with Crippen molar-refractivity contribution in [1.29, 1.82) is 15.8 Å². The second kappa shape index (κ2) is 35.3. The summed E-state index contributed by atoms with van der Waals surface area (Å²) in [5.74, 6) is 3.85. The molecular weight excluding hydrogens is 937 g/mol. The number of anilines is 1. The summed E-state index contributed by atoms with van der Waals surface area (Å²) >= 11 is 0. The Bertz CT molecular complexity index is 2470. The van der Waals surface area contributed by atoms with E-state index in [1.54, 1.807) is 83.7 Å². The molecule has 5 aromatic heterocycles. The van der Waals surface area contributed by atoms with Gasteiger partial charge in [-0.25, -0.2) is 39.7 Å². The number of carboxylic acids is 1. The summed E-state index contributed by atoms with van der Waals surface area (Å²) in [6, 6.07) is 18.5. The van der Waals surface area contributed by atoms with Gasteiger partial charge in [-0.2, -0.15) is 26.0 Å². The molecule has 344 valence electrons. The van der Waals surface area contributed by atoms with Crippen molar-refractivity contribution >= 4 is 43.5 Å². The summed E-state index contributed by atoms with van der Waals surface area (Å²) in [4.78, 5) is 71.0. The first-order valence-corrected chi connectivity index (χ1v) is 22.2. The number of nitrogen functional groups attached to an aromatic ring is 1. The smallest absolute Gasteiger partial charge is 0.859 e. The second-order valence-corrected chi connectivity index (χ2v) is 17.6. The van der Waals surface area contributed by atoms with Crippen molar-refractivity contribution in [3.8, 4) is 29.8 Å². The molecule has 22 nitrogen and oxygen atoms in total. The molecule has 0 aliphatic rings. The number of nitrogens with one attached hydrogen (secondary N) is 1. The van der Waals surface area contributed by atoms with Crippen LogP contribution in [0.2, 0.25) is 19.6 Å². The maximum absolute atomic E-state index is 11.8. The molecule has 0 spiro atoms. The molecule has 0 unspecified atom stereocenters. The number of aromatic nitrogens is 7. The number of esters is 2. The Morgan fingerprint density at radius 1 is 0.776 bits per heavy atom. The molecule has 67 heavy (non-hydrogen) atoms. The van der Waals surface area contributed by atoms with Gasteiger partial charge in [0.1, 0.15) is 36.9 Å². The predicted octanol–water partition coefficient (Wildman–Crippen LogP) is -2.97. The zero-order chi connectivity index (χ0) is 48.4. The van der Waals surface area contributed by atoms with Crippen LogP contribution in [0.1, 0.15) is 83.7 Å². The van der Waals surface area contributed by atoms with E-state index in [0.29, 0.717) is 57.8 Å². The van der Waals surface area contributed by atoms with Crippen molar-refractivity contribution in [3.05, 3.63) is 107 Å². The molecule has 0 saturated carbocycles. The molecule has 5 heterocycles. The van der Waals surface area contributed by atoms with Crippen molar-refractivity contribution in [2.45, 2.75) is 68.1 Å². The van der Waals surface area contributed by atoms with Crippen molar-refractivity contribution in [3.63, 3.8) is 0 Å². The van der Waals surface area contributed by atoms with Crippen LogP contribution in [0.3, 0.4) is 0 Å². The fourth-order valence-corrected chi connectivity index (χ4v) is 4.25. The molecule has 25 heteroatoms. The van der Waals surface area contributed by atoms with E-state index in [0.717, 1.165) is 0 Å². The van der Waals surface area contributed by atoms with Crippen LogP contribution in [0, 0.1) is 47.8 Å². The number of aryl methyl sites for hydroxylation is 2. The van der Waals surface area contributed by atoms with Gasteiger partial charge in [-0.3, -0.25) is 4.79 Å². The van der Waals surface area contributed by atoms with Crippen LogP contribution in [-0.4, -0.2) is 92.6 Å². The molecule has 0 bridgehead atoms. The van der Waals surface area contributed by atoms with Gasteiger partial charge in [-0.1, -0.05) is 40.5 Å². The summed E-state index contributed by atoms with van der Waals surface area (Å²) in [5.41, 5.74) is 5.21. The van der Waals surface area contributed by atoms with Crippen LogP contribution < -0.4 is 124 Å². The number of hydrogen-bond donors (Lipinski definition) is 2. The van der Waals surface area contributed by atoms with Crippen molar-refractivity contribution in [1.82, 2.24) is 34.5 Å². The van der Waals surface area contributed by atoms with E-state index >= 15 is 0 Å². The third-order valence-corrected chi connectivity index (χ3v) is 6.71. The second-order valence-electron chi connectivity index (χ2n) is 13.3. The molecule has 0 saturated heterocycles. The first-order valence-electron chi connectivity index (χ1n) is 18.8. The molecular formula is C42H51K2N13O9Si. The minimum absolute atomic E-state index is 0. The molecule has 5 rings (SSSR count). The fourth-order valence-electron chi connectivity index (χ4n) is 4.25. The number of ketones is 1. The Labute approximate surface area is 475 Å². The molecule has 0 aliphatic heterocycles. The van der Waals surface area contributed by atoms with Gasteiger partial charge >= 0.3 is 115 Å². The summed E-state index contributed by atoms with van der Waals surface area (Å²) in [6.45, 7) is 14.1. The average Bonchev–Trinajstić information content (AvgIpc) is 3.86. The number of hydrazine groups is 1. The third-order valence-electron chi connectivity index (χ3n) is 6.71. The number of carboxylic acid groups (broad SMARTS) is 1. The zero-order valence-corrected chi connectivity index (χ0v) is 45.9. The Hall–Kier alpha value is -4.90. The van der Waals surface area contributed by atoms with Gasteiger partial charge in [0, 0.05) is 18.6 Å². The molecule has 3 N–H and O–H groups in total. The molecule has 0 amide bonds. The van der Waals surface area contributed by atoms with Gasteiger partial charge < -0.3 is 34.4 Å². The summed E-state index contributed by atoms with van der Waals surface area (Å²) in [7, 11) is -0.556. The Kier molecular flexibility index (Phi) is 34.9.